The highest BCUT2D eigenvalue weighted by Crippen LogP contribution is 2.18. The van der Waals surface area contributed by atoms with Crippen molar-refractivity contribution in [1.29, 1.82) is 5.41 Å². The quantitative estimate of drug-likeness (QED) is 0.787. The van der Waals surface area contributed by atoms with Gasteiger partial charge >= 0.3 is 0 Å². The maximum atomic E-state index is 11.9. The van der Waals surface area contributed by atoms with E-state index in [-0.39, 0.29) is 11.3 Å². The van der Waals surface area contributed by atoms with Crippen molar-refractivity contribution < 1.29 is 0 Å². The second-order valence-corrected chi connectivity index (χ2v) is 4.24. The van der Waals surface area contributed by atoms with Gasteiger partial charge in [0.25, 0.3) is 5.56 Å². The number of nitrogens with one attached hydrogen (secondary N) is 2. The first-order valence-electron chi connectivity index (χ1n) is 5.11. The van der Waals surface area contributed by atoms with Crippen molar-refractivity contribution in [3.05, 3.63) is 56.5 Å². The van der Waals surface area contributed by atoms with Crippen molar-refractivity contribution in [1.82, 2.24) is 9.78 Å². The monoisotopic (exact) mass is 249 g/mol. The van der Waals surface area contributed by atoms with E-state index in [1.807, 2.05) is 0 Å². The third-order valence-corrected chi connectivity index (χ3v) is 2.95. The van der Waals surface area contributed by atoms with E-state index in [1.165, 1.54) is 4.68 Å². The Morgan fingerprint density at radius 2 is 2.06 bits per heavy atom. The third kappa shape index (κ3) is 1.91. The summed E-state index contributed by atoms with van der Waals surface area (Å²) in [5.74, 6) is 0. The Bertz CT molecular complexity index is 639. The Kier molecular flexibility index (Phi) is 2.90. The lowest BCUT2D eigenvalue weighted by molar-refractivity contribution is 0.731. The van der Waals surface area contributed by atoms with E-state index in [2.05, 4.69) is 5.10 Å². The summed E-state index contributed by atoms with van der Waals surface area (Å²) in [6, 6.07) is 7.03. The lowest BCUT2D eigenvalue weighted by Crippen LogP contribution is -2.19. The van der Waals surface area contributed by atoms with Crippen LogP contribution in [0.2, 0.25) is 5.02 Å². The Labute approximate surface area is 103 Å². The lowest BCUT2D eigenvalue weighted by atomic mass is 10.0. The molecule has 0 aliphatic carbocycles. The number of aromatic amines is 1. The maximum Gasteiger partial charge on any atom is 0.275 e. The Balaban J connectivity index is 2.60. The number of H-pyrrole nitrogens is 1. The number of rotatable bonds is 2. The van der Waals surface area contributed by atoms with Crippen molar-refractivity contribution in [3.63, 3.8) is 0 Å². The number of aromatic nitrogens is 2. The van der Waals surface area contributed by atoms with Gasteiger partial charge in [0.2, 0.25) is 0 Å². The molecule has 1 heterocycles. The van der Waals surface area contributed by atoms with Crippen molar-refractivity contribution in [2.75, 3.05) is 0 Å². The molecule has 0 aliphatic rings. The molecular formula is C12H12ClN3O. The number of benzene rings is 1. The van der Waals surface area contributed by atoms with Crippen molar-refractivity contribution in [2.24, 2.45) is 7.05 Å². The van der Waals surface area contributed by atoms with E-state index in [0.717, 1.165) is 0 Å². The zero-order chi connectivity index (χ0) is 12.6. The maximum absolute atomic E-state index is 11.9. The lowest BCUT2D eigenvalue weighted by Gasteiger charge is -2.04. The summed E-state index contributed by atoms with van der Waals surface area (Å²) in [4.78, 5) is 11.9. The molecule has 1 aromatic heterocycles. The average molecular weight is 250 g/mol. The second-order valence-electron chi connectivity index (χ2n) is 3.83. The van der Waals surface area contributed by atoms with E-state index in [1.54, 1.807) is 38.2 Å². The average Bonchev–Trinajstić information content (AvgIpc) is 2.53. The summed E-state index contributed by atoms with van der Waals surface area (Å²) < 4.78 is 1.36. The van der Waals surface area contributed by atoms with Crippen LogP contribution in [-0.4, -0.2) is 15.5 Å². The topological polar surface area (TPSA) is 61.6 Å². The molecule has 0 amide bonds. The van der Waals surface area contributed by atoms with Gasteiger partial charge in [-0.25, -0.2) is 0 Å². The number of hydrogen-bond donors (Lipinski definition) is 2. The molecule has 0 atom stereocenters. The largest absolute Gasteiger partial charge is 0.300 e. The molecule has 2 N–H and O–H groups in total. The van der Waals surface area contributed by atoms with E-state index in [9.17, 15) is 4.79 Å². The second kappa shape index (κ2) is 4.22. The molecule has 0 bridgehead atoms. The smallest absolute Gasteiger partial charge is 0.275 e. The third-order valence-electron chi connectivity index (χ3n) is 2.62. The van der Waals surface area contributed by atoms with Gasteiger partial charge in [-0.2, -0.15) is 0 Å². The van der Waals surface area contributed by atoms with Gasteiger partial charge in [-0.15, -0.1) is 0 Å². The molecule has 5 heteroatoms. The minimum atomic E-state index is -0.215. The van der Waals surface area contributed by atoms with Crippen LogP contribution in [-0.2, 0) is 7.05 Å². The van der Waals surface area contributed by atoms with Crippen molar-refractivity contribution >= 4 is 17.3 Å². The molecule has 0 fully saturated rings. The van der Waals surface area contributed by atoms with Crippen LogP contribution in [0.15, 0.2) is 29.1 Å². The molecule has 0 spiro atoms. The summed E-state index contributed by atoms with van der Waals surface area (Å²) >= 11 is 6.02. The molecule has 0 aliphatic heterocycles. The molecule has 1 aromatic carbocycles. The van der Waals surface area contributed by atoms with Gasteiger partial charge < -0.3 is 0 Å². The van der Waals surface area contributed by atoms with Gasteiger partial charge in [-0.05, 0) is 13.0 Å². The Morgan fingerprint density at radius 1 is 1.41 bits per heavy atom. The fourth-order valence-electron chi connectivity index (χ4n) is 1.78. The first-order valence-corrected chi connectivity index (χ1v) is 5.49. The van der Waals surface area contributed by atoms with Gasteiger partial charge in [-0.1, -0.05) is 29.8 Å². The molecule has 0 radical (unpaired) electrons. The highest BCUT2D eigenvalue weighted by atomic mass is 35.5. The fourth-order valence-corrected chi connectivity index (χ4v) is 2.01. The Morgan fingerprint density at radius 3 is 2.59 bits per heavy atom. The normalized spacial score (nSPS) is 10.5. The number of nitrogens with zero attached hydrogens (tertiary/aromatic N) is 1. The minimum Gasteiger partial charge on any atom is -0.300 e. The van der Waals surface area contributed by atoms with Crippen molar-refractivity contribution in [3.8, 4) is 0 Å². The van der Waals surface area contributed by atoms with Crippen LogP contribution < -0.4 is 5.56 Å². The van der Waals surface area contributed by atoms with Crippen molar-refractivity contribution in [2.45, 2.75) is 6.92 Å². The van der Waals surface area contributed by atoms with Gasteiger partial charge in [0, 0.05) is 23.3 Å². The standard InChI is InChI=1S/C12H12ClN3O/c1-7-10(12(17)16(2)15-7)11(14)8-5-3-4-6-9(8)13/h3-6,14-15H,1-2H3. The summed E-state index contributed by atoms with van der Waals surface area (Å²) in [5, 5.41) is 11.4. The molecule has 17 heavy (non-hydrogen) atoms. The van der Waals surface area contributed by atoms with Crippen LogP contribution in [0.3, 0.4) is 0 Å². The fraction of sp³-hybridized carbons (Fsp3) is 0.167. The van der Waals surface area contributed by atoms with Gasteiger partial charge in [0.1, 0.15) is 0 Å². The number of halogens is 1. The van der Waals surface area contributed by atoms with Crippen LogP contribution in [0.1, 0.15) is 16.8 Å². The van der Waals surface area contributed by atoms with E-state index < -0.39 is 0 Å². The van der Waals surface area contributed by atoms with Crippen LogP contribution in [0.25, 0.3) is 0 Å². The van der Waals surface area contributed by atoms with Gasteiger partial charge in [0.05, 0.1) is 11.3 Å². The molecule has 0 saturated carbocycles. The highest BCUT2D eigenvalue weighted by molar-refractivity contribution is 6.35. The number of hydrogen-bond acceptors (Lipinski definition) is 2. The summed E-state index contributed by atoms with van der Waals surface area (Å²) in [7, 11) is 1.62. The van der Waals surface area contributed by atoms with Crippen LogP contribution in [0.4, 0.5) is 0 Å². The highest BCUT2D eigenvalue weighted by Gasteiger charge is 2.17. The molecular weight excluding hydrogens is 238 g/mol. The van der Waals surface area contributed by atoms with Crippen LogP contribution in [0.5, 0.6) is 0 Å². The van der Waals surface area contributed by atoms with Crippen LogP contribution >= 0.6 is 11.6 Å². The molecule has 0 saturated heterocycles. The molecule has 4 nitrogen and oxygen atoms in total. The first kappa shape index (κ1) is 11.7. The Hall–Kier alpha value is -1.81. The summed E-state index contributed by atoms with van der Waals surface area (Å²) in [6.07, 6.45) is 0. The molecule has 2 rings (SSSR count). The van der Waals surface area contributed by atoms with Crippen LogP contribution in [0, 0.1) is 12.3 Å². The first-order chi connectivity index (χ1) is 8.02. The summed E-state index contributed by atoms with van der Waals surface area (Å²) in [6.45, 7) is 1.77. The summed E-state index contributed by atoms with van der Waals surface area (Å²) in [5.41, 5.74) is 1.53. The molecule has 0 unspecified atom stereocenters. The van der Waals surface area contributed by atoms with E-state index >= 15 is 0 Å². The minimum absolute atomic E-state index is 0.148. The predicted molar refractivity (Wildman–Crippen MR) is 68.2 cm³/mol. The predicted octanol–water partition coefficient (Wildman–Crippen LogP) is 2.09. The van der Waals surface area contributed by atoms with E-state index in [0.29, 0.717) is 21.8 Å². The van der Waals surface area contributed by atoms with E-state index in [4.69, 9.17) is 17.0 Å². The SMILES string of the molecule is Cc1[nH]n(C)c(=O)c1C(=N)c1ccccc1Cl. The zero-order valence-corrected chi connectivity index (χ0v) is 10.3. The zero-order valence-electron chi connectivity index (χ0n) is 9.54. The molecule has 88 valence electrons. The van der Waals surface area contributed by atoms with Gasteiger partial charge in [0.15, 0.2) is 0 Å². The van der Waals surface area contributed by atoms with Gasteiger partial charge in [-0.3, -0.25) is 20.0 Å². The molecule has 2 aromatic rings. The number of aryl methyl sites for hydroxylation is 2.